The Labute approximate surface area is 137 Å². The Bertz CT molecular complexity index is 658. The number of amides is 1. The topological polar surface area (TPSA) is 38.3 Å². The zero-order chi connectivity index (χ0) is 16.1. The number of halogens is 2. The predicted molar refractivity (Wildman–Crippen MR) is 88.6 cm³/mol. The van der Waals surface area contributed by atoms with Gasteiger partial charge in [0.05, 0.1) is 4.47 Å². The predicted octanol–water partition coefficient (Wildman–Crippen LogP) is 4.56. The zero-order valence-electron chi connectivity index (χ0n) is 12.4. The molecule has 1 N–H and O–H groups in total. The van der Waals surface area contributed by atoms with Crippen LogP contribution < -0.4 is 10.1 Å². The SMILES string of the molecule is CCc1ccc(NC(=O)[C@@H](C)Oc2ccc(F)cc2Br)cc1. The molecule has 116 valence electrons. The molecule has 0 bridgehead atoms. The molecule has 0 saturated heterocycles. The molecule has 1 amide bonds. The highest BCUT2D eigenvalue weighted by atomic mass is 79.9. The second-order valence-electron chi connectivity index (χ2n) is 4.87. The van der Waals surface area contributed by atoms with E-state index in [2.05, 4.69) is 28.2 Å². The van der Waals surface area contributed by atoms with Gasteiger partial charge >= 0.3 is 0 Å². The van der Waals surface area contributed by atoms with E-state index in [4.69, 9.17) is 4.74 Å². The summed E-state index contributed by atoms with van der Waals surface area (Å²) in [6.07, 6.45) is 0.249. The van der Waals surface area contributed by atoms with E-state index in [-0.39, 0.29) is 11.7 Å². The molecule has 0 fully saturated rings. The molecule has 0 aliphatic rings. The van der Waals surface area contributed by atoms with Crippen molar-refractivity contribution in [2.24, 2.45) is 0 Å². The normalized spacial score (nSPS) is 11.8. The number of ether oxygens (including phenoxy) is 1. The van der Waals surface area contributed by atoms with E-state index in [9.17, 15) is 9.18 Å². The van der Waals surface area contributed by atoms with Crippen molar-refractivity contribution in [3.05, 3.63) is 58.3 Å². The number of nitrogens with one attached hydrogen (secondary N) is 1. The third-order valence-corrected chi connectivity index (χ3v) is 3.82. The minimum Gasteiger partial charge on any atom is -0.480 e. The lowest BCUT2D eigenvalue weighted by Gasteiger charge is -2.16. The molecule has 22 heavy (non-hydrogen) atoms. The molecule has 5 heteroatoms. The molecule has 1 atom stereocenters. The lowest BCUT2D eigenvalue weighted by molar-refractivity contribution is -0.122. The van der Waals surface area contributed by atoms with Crippen LogP contribution in [0.3, 0.4) is 0 Å². The number of aryl methyl sites for hydroxylation is 1. The third kappa shape index (κ3) is 4.31. The van der Waals surface area contributed by atoms with Gasteiger partial charge in [0.25, 0.3) is 5.91 Å². The highest BCUT2D eigenvalue weighted by Gasteiger charge is 2.16. The van der Waals surface area contributed by atoms with Crippen molar-refractivity contribution in [1.29, 1.82) is 0 Å². The molecule has 0 aliphatic carbocycles. The summed E-state index contributed by atoms with van der Waals surface area (Å²) >= 11 is 3.21. The Hall–Kier alpha value is -1.88. The van der Waals surface area contributed by atoms with Crippen LogP contribution in [0, 0.1) is 5.82 Å². The molecule has 0 radical (unpaired) electrons. The van der Waals surface area contributed by atoms with Gasteiger partial charge in [-0.05, 0) is 65.2 Å². The fraction of sp³-hybridized carbons (Fsp3) is 0.235. The maximum absolute atomic E-state index is 13.0. The summed E-state index contributed by atoms with van der Waals surface area (Å²) < 4.78 is 19.1. The van der Waals surface area contributed by atoms with Crippen molar-refractivity contribution < 1.29 is 13.9 Å². The zero-order valence-corrected chi connectivity index (χ0v) is 14.0. The molecular formula is C17H17BrFNO2. The third-order valence-electron chi connectivity index (χ3n) is 3.20. The van der Waals surface area contributed by atoms with E-state index in [1.807, 2.05) is 24.3 Å². The summed E-state index contributed by atoms with van der Waals surface area (Å²) in [4.78, 5) is 12.1. The largest absolute Gasteiger partial charge is 0.480 e. The van der Waals surface area contributed by atoms with Crippen LogP contribution in [0.2, 0.25) is 0 Å². The Balaban J connectivity index is 1.99. The fourth-order valence-corrected chi connectivity index (χ4v) is 2.33. The molecule has 0 unspecified atom stereocenters. The lowest BCUT2D eigenvalue weighted by Crippen LogP contribution is -2.30. The van der Waals surface area contributed by atoms with Gasteiger partial charge in [0.1, 0.15) is 11.6 Å². The second kappa shape index (κ2) is 7.40. The number of hydrogen-bond acceptors (Lipinski definition) is 2. The number of hydrogen-bond donors (Lipinski definition) is 1. The number of benzene rings is 2. The molecule has 0 aromatic heterocycles. The van der Waals surface area contributed by atoms with Crippen molar-refractivity contribution in [2.45, 2.75) is 26.4 Å². The maximum Gasteiger partial charge on any atom is 0.265 e. The van der Waals surface area contributed by atoms with Gasteiger partial charge < -0.3 is 10.1 Å². The minimum absolute atomic E-state index is 0.263. The summed E-state index contributed by atoms with van der Waals surface area (Å²) in [5, 5.41) is 2.79. The highest BCUT2D eigenvalue weighted by molar-refractivity contribution is 9.10. The van der Waals surface area contributed by atoms with Crippen molar-refractivity contribution in [3.8, 4) is 5.75 Å². The van der Waals surface area contributed by atoms with Crippen LogP contribution in [-0.4, -0.2) is 12.0 Å². The van der Waals surface area contributed by atoms with Gasteiger partial charge in [0.2, 0.25) is 0 Å². The Kier molecular flexibility index (Phi) is 5.55. The number of rotatable bonds is 5. The first kappa shape index (κ1) is 16.5. The molecule has 0 spiro atoms. The summed E-state index contributed by atoms with van der Waals surface area (Å²) in [7, 11) is 0. The lowest BCUT2D eigenvalue weighted by atomic mass is 10.1. The van der Waals surface area contributed by atoms with Gasteiger partial charge in [0.15, 0.2) is 6.10 Å². The summed E-state index contributed by atoms with van der Waals surface area (Å²) in [6, 6.07) is 11.7. The summed E-state index contributed by atoms with van der Waals surface area (Å²) in [5.41, 5.74) is 1.92. The molecular weight excluding hydrogens is 349 g/mol. The molecule has 3 nitrogen and oxygen atoms in total. The van der Waals surface area contributed by atoms with Crippen LogP contribution in [-0.2, 0) is 11.2 Å². The van der Waals surface area contributed by atoms with Crippen molar-refractivity contribution in [3.63, 3.8) is 0 Å². The first-order valence-corrected chi connectivity index (χ1v) is 7.80. The minimum atomic E-state index is -0.701. The van der Waals surface area contributed by atoms with E-state index in [1.54, 1.807) is 6.92 Å². The Morgan fingerprint density at radius 1 is 1.27 bits per heavy atom. The average molecular weight is 366 g/mol. The van der Waals surface area contributed by atoms with E-state index in [1.165, 1.54) is 23.8 Å². The van der Waals surface area contributed by atoms with Crippen molar-refractivity contribution >= 4 is 27.5 Å². The Morgan fingerprint density at radius 3 is 2.55 bits per heavy atom. The Morgan fingerprint density at radius 2 is 1.95 bits per heavy atom. The van der Waals surface area contributed by atoms with Crippen LogP contribution in [0.4, 0.5) is 10.1 Å². The molecule has 2 aromatic rings. The quantitative estimate of drug-likeness (QED) is 0.843. The van der Waals surface area contributed by atoms with E-state index in [0.717, 1.165) is 12.1 Å². The van der Waals surface area contributed by atoms with Gasteiger partial charge in [-0.15, -0.1) is 0 Å². The fourth-order valence-electron chi connectivity index (χ4n) is 1.88. The summed E-state index contributed by atoms with van der Waals surface area (Å²) in [6.45, 7) is 3.72. The molecule has 0 aliphatic heterocycles. The first-order valence-electron chi connectivity index (χ1n) is 7.01. The standard InChI is InChI=1S/C17H17BrFNO2/c1-3-12-4-7-14(8-5-12)20-17(21)11(2)22-16-9-6-13(19)10-15(16)18/h4-11H,3H2,1-2H3,(H,20,21)/t11-/m1/s1. The monoisotopic (exact) mass is 365 g/mol. The van der Waals surface area contributed by atoms with E-state index >= 15 is 0 Å². The van der Waals surface area contributed by atoms with Gasteiger partial charge in [-0.1, -0.05) is 19.1 Å². The smallest absolute Gasteiger partial charge is 0.265 e. The van der Waals surface area contributed by atoms with Crippen LogP contribution in [0.15, 0.2) is 46.9 Å². The molecule has 0 saturated carbocycles. The van der Waals surface area contributed by atoms with E-state index < -0.39 is 6.10 Å². The van der Waals surface area contributed by atoms with Crippen molar-refractivity contribution in [2.75, 3.05) is 5.32 Å². The molecule has 2 aromatic carbocycles. The van der Waals surface area contributed by atoms with Gasteiger partial charge in [0, 0.05) is 5.69 Å². The molecule has 2 rings (SSSR count). The van der Waals surface area contributed by atoms with Crippen molar-refractivity contribution in [1.82, 2.24) is 0 Å². The first-order chi connectivity index (χ1) is 10.5. The van der Waals surface area contributed by atoms with Crippen LogP contribution >= 0.6 is 15.9 Å². The summed E-state index contributed by atoms with van der Waals surface area (Å²) in [5.74, 6) is -0.210. The maximum atomic E-state index is 13.0. The second-order valence-corrected chi connectivity index (χ2v) is 5.73. The van der Waals surface area contributed by atoms with Gasteiger partial charge in [-0.3, -0.25) is 4.79 Å². The van der Waals surface area contributed by atoms with Gasteiger partial charge in [-0.2, -0.15) is 0 Å². The van der Waals surface area contributed by atoms with Gasteiger partial charge in [-0.25, -0.2) is 4.39 Å². The average Bonchev–Trinajstić information content (AvgIpc) is 2.50. The molecule has 0 heterocycles. The highest BCUT2D eigenvalue weighted by Crippen LogP contribution is 2.26. The number of carbonyl (C=O) groups is 1. The number of carbonyl (C=O) groups excluding carboxylic acids is 1. The number of anilines is 1. The van der Waals surface area contributed by atoms with Crippen LogP contribution in [0.5, 0.6) is 5.75 Å². The van der Waals surface area contributed by atoms with Crippen LogP contribution in [0.1, 0.15) is 19.4 Å². The van der Waals surface area contributed by atoms with E-state index in [0.29, 0.717) is 10.2 Å². The van der Waals surface area contributed by atoms with Crippen LogP contribution in [0.25, 0.3) is 0 Å².